The number of ether oxygens (including phenoxy) is 1. The van der Waals surface area contributed by atoms with Gasteiger partial charge in [-0.1, -0.05) is 6.07 Å². The van der Waals surface area contributed by atoms with Gasteiger partial charge in [0.1, 0.15) is 0 Å². The van der Waals surface area contributed by atoms with Gasteiger partial charge >= 0.3 is 0 Å². The molecule has 0 spiro atoms. The summed E-state index contributed by atoms with van der Waals surface area (Å²) in [5, 5.41) is 3.18. The van der Waals surface area contributed by atoms with Gasteiger partial charge < -0.3 is 10.1 Å². The molecule has 0 aromatic carbocycles. The second-order valence-electron chi connectivity index (χ2n) is 5.48. The number of aromatic nitrogens is 1. The van der Waals surface area contributed by atoms with E-state index < -0.39 is 0 Å². The fourth-order valence-corrected chi connectivity index (χ4v) is 2.67. The Balaban J connectivity index is 1.77. The number of rotatable bonds is 6. The van der Waals surface area contributed by atoms with Crippen molar-refractivity contribution < 1.29 is 4.74 Å². The third-order valence-corrected chi connectivity index (χ3v) is 3.52. The van der Waals surface area contributed by atoms with Crippen LogP contribution in [0.4, 0.5) is 0 Å². The molecule has 0 bridgehead atoms. The lowest BCUT2D eigenvalue weighted by molar-refractivity contribution is 0.0274. The first-order chi connectivity index (χ1) is 9.17. The van der Waals surface area contributed by atoms with Crippen molar-refractivity contribution in [2.45, 2.75) is 38.5 Å². The summed E-state index contributed by atoms with van der Waals surface area (Å²) in [6.07, 6.45) is 3.09. The van der Waals surface area contributed by atoms with E-state index in [1.54, 1.807) is 0 Å². The molecule has 1 aliphatic heterocycles. The quantitative estimate of drug-likeness (QED) is 0.846. The summed E-state index contributed by atoms with van der Waals surface area (Å²) < 4.78 is 6.01. The minimum atomic E-state index is 0.369. The topological polar surface area (TPSA) is 37.4 Å². The van der Waals surface area contributed by atoms with Crippen molar-refractivity contribution in [2.24, 2.45) is 0 Å². The van der Waals surface area contributed by atoms with Gasteiger partial charge in [0.05, 0.1) is 17.9 Å². The van der Waals surface area contributed by atoms with E-state index in [2.05, 4.69) is 34.4 Å². The van der Waals surface area contributed by atoms with Crippen LogP contribution in [0.5, 0.6) is 0 Å². The number of pyridine rings is 1. The van der Waals surface area contributed by atoms with Crippen molar-refractivity contribution in [1.29, 1.82) is 0 Å². The van der Waals surface area contributed by atoms with Gasteiger partial charge in [0.25, 0.3) is 0 Å². The van der Waals surface area contributed by atoms with E-state index in [0.29, 0.717) is 12.2 Å². The third-order valence-electron chi connectivity index (χ3n) is 3.52. The molecule has 1 aromatic heterocycles. The van der Waals surface area contributed by atoms with Crippen LogP contribution in [0.2, 0.25) is 0 Å². The fraction of sp³-hybridized carbons (Fsp3) is 0.667. The highest BCUT2D eigenvalue weighted by molar-refractivity contribution is 5.09. The number of hydrogen-bond donors (Lipinski definition) is 1. The molecule has 0 radical (unpaired) electrons. The molecule has 1 aliphatic rings. The summed E-state index contributed by atoms with van der Waals surface area (Å²) in [5.74, 6) is 0. The van der Waals surface area contributed by atoms with Gasteiger partial charge in [0, 0.05) is 25.3 Å². The number of nitrogens with zero attached hydrogens (tertiary/aromatic N) is 2. The summed E-state index contributed by atoms with van der Waals surface area (Å²) in [5.41, 5.74) is 2.21. The van der Waals surface area contributed by atoms with E-state index in [-0.39, 0.29) is 0 Å². The van der Waals surface area contributed by atoms with E-state index in [1.165, 1.54) is 6.42 Å². The van der Waals surface area contributed by atoms with E-state index >= 15 is 0 Å². The molecule has 19 heavy (non-hydrogen) atoms. The predicted molar refractivity (Wildman–Crippen MR) is 77.1 cm³/mol. The first-order valence-electron chi connectivity index (χ1n) is 7.08. The van der Waals surface area contributed by atoms with Crippen molar-refractivity contribution in [2.75, 3.05) is 27.2 Å². The zero-order chi connectivity index (χ0) is 13.7. The highest BCUT2D eigenvalue weighted by atomic mass is 16.5. The molecular formula is C15H25N3O. The van der Waals surface area contributed by atoms with Crippen LogP contribution in [0.3, 0.4) is 0 Å². The van der Waals surface area contributed by atoms with Crippen LogP contribution < -0.4 is 5.32 Å². The SMILES string of the molecule is CNCC1CCC(CN(C)Cc2cccc(C)n2)O1. The van der Waals surface area contributed by atoms with Gasteiger partial charge in [-0.15, -0.1) is 0 Å². The summed E-state index contributed by atoms with van der Waals surface area (Å²) in [7, 11) is 4.12. The largest absolute Gasteiger partial charge is 0.372 e. The van der Waals surface area contributed by atoms with Crippen LogP contribution in [0.1, 0.15) is 24.2 Å². The van der Waals surface area contributed by atoms with Crippen molar-refractivity contribution in [1.82, 2.24) is 15.2 Å². The van der Waals surface area contributed by atoms with Gasteiger partial charge in [-0.3, -0.25) is 9.88 Å². The molecule has 4 heteroatoms. The number of likely N-dealkylation sites (N-methyl/N-ethyl adjacent to an activating group) is 2. The molecule has 1 saturated heterocycles. The minimum Gasteiger partial charge on any atom is -0.372 e. The average molecular weight is 263 g/mol. The molecule has 2 heterocycles. The van der Waals surface area contributed by atoms with Crippen molar-refractivity contribution in [3.05, 3.63) is 29.6 Å². The van der Waals surface area contributed by atoms with E-state index in [4.69, 9.17) is 4.74 Å². The molecule has 106 valence electrons. The standard InChI is InChI=1S/C15H25N3O/c1-12-5-4-6-13(17-12)10-18(3)11-15-8-7-14(19-15)9-16-2/h4-6,14-16H,7-11H2,1-3H3. The smallest absolute Gasteiger partial charge is 0.0707 e. The number of aryl methyl sites for hydroxylation is 1. The molecule has 1 fully saturated rings. The normalized spacial score (nSPS) is 23.2. The molecule has 1 aromatic rings. The van der Waals surface area contributed by atoms with Gasteiger partial charge in [-0.2, -0.15) is 0 Å². The molecular weight excluding hydrogens is 238 g/mol. The zero-order valence-corrected chi connectivity index (χ0v) is 12.2. The first kappa shape index (κ1) is 14.4. The second kappa shape index (κ2) is 6.98. The van der Waals surface area contributed by atoms with Crippen molar-refractivity contribution in [3.63, 3.8) is 0 Å². The maximum absolute atomic E-state index is 6.01. The maximum atomic E-state index is 6.01. The molecule has 1 N–H and O–H groups in total. The molecule has 4 nitrogen and oxygen atoms in total. The van der Waals surface area contributed by atoms with Crippen LogP contribution in [-0.4, -0.2) is 49.3 Å². The predicted octanol–water partition coefficient (Wildman–Crippen LogP) is 1.59. The Morgan fingerprint density at radius 1 is 1.37 bits per heavy atom. The van der Waals surface area contributed by atoms with Crippen molar-refractivity contribution >= 4 is 0 Å². The average Bonchev–Trinajstić information content (AvgIpc) is 2.77. The first-order valence-corrected chi connectivity index (χ1v) is 7.08. The fourth-order valence-electron chi connectivity index (χ4n) is 2.67. The summed E-state index contributed by atoms with van der Waals surface area (Å²) in [6, 6.07) is 6.19. The Kier molecular flexibility index (Phi) is 5.31. The molecule has 2 atom stereocenters. The highest BCUT2D eigenvalue weighted by Gasteiger charge is 2.25. The van der Waals surface area contributed by atoms with Crippen LogP contribution in [0.15, 0.2) is 18.2 Å². The van der Waals surface area contributed by atoms with Crippen LogP contribution in [0.25, 0.3) is 0 Å². The number of hydrogen-bond acceptors (Lipinski definition) is 4. The summed E-state index contributed by atoms with van der Waals surface area (Å²) >= 11 is 0. The van der Waals surface area contributed by atoms with Gasteiger partial charge in [-0.05, 0) is 46.0 Å². The molecule has 2 rings (SSSR count). The van der Waals surface area contributed by atoms with E-state index in [0.717, 1.165) is 37.4 Å². The van der Waals surface area contributed by atoms with Gasteiger partial charge in [-0.25, -0.2) is 0 Å². The molecule has 2 unspecified atom stereocenters. The monoisotopic (exact) mass is 263 g/mol. The Morgan fingerprint density at radius 3 is 2.89 bits per heavy atom. The zero-order valence-electron chi connectivity index (χ0n) is 12.2. The van der Waals surface area contributed by atoms with E-state index in [1.807, 2.05) is 20.0 Å². The molecule has 0 saturated carbocycles. The van der Waals surface area contributed by atoms with E-state index in [9.17, 15) is 0 Å². The lowest BCUT2D eigenvalue weighted by atomic mass is 10.2. The Labute approximate surface area is 116 Å². The molecule has 0 amide bonds. The lowest BCUT2D eigenvalue weighted by Gasteiger charge is -2.21. The summed E-state index contributed by atoms with van der Waals surface area (Å²) in [4.78, 5) is 6.84. The number of nitrogens with one attached hydrogen (secondary N) is 1. The lowest BCUT2D eigenvalue weighted by Crippen LogP contribution is -2.31. The summed E-state index contributed by atoms with van der Waals surface area (Å²) in [6.45, 7) is 4.86. The van der Waals surface area contributed by atoms with Gasteiger partial charge in [0.2, 0.25) is 0 Å². The molecule has 0 aliphatic carbocycles. The van der Waals surface area contributed by atoms with Crippen LogP contribution >= 0.6 is 0 Å². The highest BCUT2D eigenvalue weighted by Crippen LogP contribution is 2.20. The van der Waals surface area contributed by atoms with Crippen LogP contribution in [0, 0.1) is 6.92 Å². The Morgan fingerprint density at radius 2 is 2.16 bits per heavy atom. The minimum absolute atomic E-state index is 0.369. The third kappa shape index (κ3) is 4.56. The van der Waals surface area contributed by atoms with Crippen molar-refractivity contribution in [3.8, 4) is 0 Å². The second-order valence-corrected chi connectivity index (χ2v) is 5.48. The Bertz CT molecular complexity index is 397. The maximum Gasteiger partial charge on any atom is 0.0707 e. The Hall–Kier alpha value is -0.970. The van der Waals surface area contributed by atoms with Gasteiger partial charge in [0.15, 0.2) is 0 Å². The van der Waals surface area contributed by atoms with Crippen LogP contribution in [-0.2, 0) is 11.3 Å².